The summed E-state index contributed by atoms with van der Waals surface area (Å²) >= 11 is 0. The van der Waals surface area contributed by atoms with E-state index in [0.29, 0.717) is 41.1 Å². The van der Waals surface area contributed by atoms with Crippen LogP contribution in [0, 0.1) is 5.82 Å². The lowest BCUT2D eigenvalue weighted by molar-refractivity contribution is -0.116. The number of aromatic nitrogens is 4. The maximum absolute atomic E-state index is 13.4. The van der Waals surface area contributed by atoms with Gasteiger partial charge in [0.25, 0.3) is 5.56 Å². The summed E-state index contributed by atoms with van der Waals surface area (Å²) in [5.74, 6) is 0.557. The second-order valence-corrected chi connectivity index (χ2v) is 8.98. The van der Waals surface area contributed by atoms with Crippen molar-refractivity contribution in [3.63, 3.8) is 0 Å². The molecular formula is C25H26FN5O2. The average Bonchev–Trinajstić information content (AvgIpc) is 3.18. The molecule has 0 bridgehead atoms. The molecule has 0 radical (unpaired) electrons. The van der Waals surface area contributed by atoms with Crippen molar-refractivity contribution in [3.05, 3.63) is 82.3 Å². The Labute approximate surface area is 190 Å². The lowest BCUT2D eigenvalue weighted by atomic mass is 9.92. The Kier molecular flexibility index (Phi) is 6.09. The van der Waals surface area contributed by atoms with Crippen molar-refractivity contribution in [3.8, 4) is 5.69 Å². The van der Waals surface area contributed by atoms with Crippen LogP contribution >= 0.6 is 0 Å². The van der Waals surface area contributed by atoms with Crippen LogP contribution < -0.4 is 10.9 Å². The highest BCUT2D eigenvalue weighted by molar-refractivity contribution is 5.90. The molecule has 0 aliphatic rings. The molecule has 0 fully saturated rings. The minimum Gasteiger partial charge on any atom is -0.311 e. The van der Waals surface area contributed by atoms with Gasteiger partial charge in [0.05, 0.1) is 22.3 Å². The Morgan fingerprint density at radius 3 is 2.58 bits per heavy atom. The number of carbonyl (C=O) groups is 1. The third kappa shape index (κ3) is 5.16. The van der Waals surface area contributed by atoms with Gasteiger partial charge in [0, 0.05) is 24.3 Å². The summed E-state index contributed by atoms with van der Waals surface area (Å²) in [7, 11) is 0. The van der Waals surface area contributed by atoms with Gasteiger partial charge in [-0.1, -0.05) is 32.9 Å². The lowest BCUT2D eigenvalue weighted by Crippen LogP contribution is -2.16. The molecule has 8 heteroatoms. The number of halogens is 1. The van der Waals surface area contributed by atoms with Crippen molar-refractivity contribution >= 4 is 22.6 Å². The fourth-order valence-electron chi connectivity index (χ4n) is 3.49. The van der Waals surface area contributed by atoms with E-state index in [0.717, 1.165) is 5.69 Å². The Balaban J connectivity index is 1.46. The van der Waals surface area contributed by atoms with Crippen molar-refractivity contribution in [2.45, 2.75) is 45.4 Å². The first-order chi connectivity index (χ1) is 15.7. The highest BCUT2D eigenvalue weighted by atomic mass is 19.1. The van der Waals surface area contributed by atoms with Gasteiger partial charge in [0.15, 0.2) is 0 Å². The molecule has 2 heterocycles. The number of carbonyl (C=O) groups excluding carboxylic acids is 1. The first-order valence-electron chi connectivity index (χ1n) is 10.8. The third-order valence-corrected chi connectivity index (χ3v) is 5.30. The molecule has 0 aliphatic carbocycles. The van der Waals surface area contributed by atoms with Crippen molar-refractivity contribution < 1.29 is 9.18 Å². The quantitative estimate of drug-likeness (QED) is 0.455. The molecule has 2 aromatic carbocycles. The molecule has 0 spiro atoms. The first-order valence-corrected chi connectivity index (χ1v) is 10.8. The average molecular weight is 448 g/mol. The minimum absolute atomic E-state index is 0.179. The number of fused-ring (bicyclic) bond motifs is 1. The molecular weight excluding hydrogens is 421 g/mol. The molecule has 4 rings (SSSR count). The Morgan fingerprint density at radius 2 is 1.85 bits per heavy atom. The van der Waals surface area contributed by atoms with E-state index < -0.39 is 0 Å². The normalized spacial score (nSPS) is 11.6. The molecule has 1 amide bonds. The van der Waals surface area contributed by atoms with Crippen LogP contribution in [0.2, 0.25) is 0 Å². The molecule has 2 aromatic heterocycles. The number of para-hydroxylation sites is 1. The monoisotopic (exact) mass is 447 g/mol. The molecule has 4 aromatic rings. The van der Waals surface area contributed by atoms with Crippen LogP contribution in [0.1, 0.15) is 45.1 Å². The van der Waals surface area contributed by atoms with Gasteiger partial charge in [-0.15, -0.1) is 0 Å². The largest absolute Gasteiger partial charge is 0.311 e. The van der Waals surface area contributed by atoms with Crippen molar-refractivity contribution in [1.29, 1.82) is 0 Å². The summed E-state index contributed by atoms with van der Waals surface area (Å²) in [5.41, 5.74) is 1.69. The van der Waals surface area contributed by atoms with Gasteiger partial charge in [-0.3, -0.25) is 9.59 Å². The van der Waals surface area contributed by atoms with Gasteiger partial charge in [0.2, 0.25) is 5.91 Å². The number of hydrogen-bond donors (Lipinski definition) is 2. The van der Waals surface area contributed by atoms with Crippen molar-refractivity contribution in [2.75, 3.05) is 5.32 Å². The molecule has 0 unspecified atom stereocenters. The Bertz CT molecular complexity index is 1350. The number of H-pyrrole nitrogens is 1. The summed E-state index contributed by atoms with van der Waals surface area (Å²) in [6.45, 7) is 6.10. The van der Waals surface area contributed by atoms with Gasteiger partial charge < -0.3 is 10.3 Å². The van der Waals surface area contributed by atoms with Gasteiger partial charge in [-0.25, -0.2) is 14.1 Å². The topological polar surface area (TPSA) is 92.7 Å². The number of hydrogen-bond acceptors (Lipinski definition) is 4. The molecule has 33 heavy (non-hydrogen) atoms. The molecule has 7 nitrogen and oxygen atoms in total. The van der Waals surface area contributed by atoms with Gasteiger partial charge in [0.1, 0.15) is 17.5 Å². The SMILES string of the molecule is CC(C)(C)c1cc(NC(=O)CCCc2nc3ccccc3c(=O)[nH]2)n(-c2ccc(F)cc2)n1. The lowest BCUT2D eigenvalue weighted by Gasteiger charge is -2.14. The van der Waals surface area contributed by atoms with Crippen LogP contribution in [0.5, 0.6) is 0 Å². The van der Waals surface area contributed by atoms with Crippen LogP contribution in [0.15, 0.2) is 59.4 Å². The summed E-state index contributed by atoms with van der Waals surface area (Å²) in [6, 6.07) is 14.9. The highest BCUT2D eigenvalue weighted by Gasteiger charge is 2.21. The predicted molar refractivity (Wildman–Crippen MR) is 126 cm³/mol. The first kappa shape index (κ1) is 22.4. The molecule has 0 atom stereocenters. The minimum atomic E-state index is -0.340. The Hall–Kier alpha value is -3.81. The zero-order valence-electron chi connectivity index (χ0n) is 18.9. The number of nitrogens with one attached hydrogen (secondary N) is 2. The maximum Gasteiger partial charge on any atom is 0.258 e. The van der Waals surface area contributed by atoms with E-state index in [-0.39, 0.29) is 29.1 Å². The standard InChI is InChI=1S/C25H26FN5O2/c1-25(2,3)20-15-22(31(30-20)17-13-11-16(26)12-14-17)29-23(32)10-6-9-21-27-19-8-5-4-7-18(19)24(33)28-21/h4-5,7-8,11-15H,6,9-10H2,1-3H3,(H,29,32)(H,27,28,33). The van der Waals surface area contributed by atoms with E-state index >= 15 is 0 Å². The van der Waals surface area contributed by atoms with Crippen molar-refractivity contribution in [2.24, 2.45) is 0 Å². The van der Waals surface area contributed by atoms with E-state index in [1.165, 1.54) is 12.1 Å². The molecule has 0 saturated carbocycles. The maximum atomic E-state index is 13.4. The number of nitrogens with zero attached hydrogens (tertiary/aromatic N) is 3. The number of rotatable bonds is 6. The predicted octanol–water partition coefficient (Wildman–Crippen LogP) is 4.51. The van der Waals surface area contributed by atoms with E-state index in [9.17, 15) is 14.0 Å². The Morgan fingerprint density at radius 1 is 1.12 bits per heavy atom. The number of aromatic amines is 1. The second-order valence-electron chi connectivity index (χ2n) is 8.98. The molecule has 0 saturated heterocycles. The zero-order valence-corrected chi connectivity index (χ0v) is 18.9. The number of aryl methyl sites for hydroxylation is 1. The summed E-state index contributed by atoms with van der Waals surface area (Å²) in [5, 5.41) is 8.09. The summed E-state index contributed by atoms with van der Waals surface area (Å²) in [4.78, 5) is 32.1. The fraction of sp³-hybridized carbons (Fsp3) is 0.280. The smallest absolute Gasteiger partial charge is 0.258 e. The van der Waals surface area contributed by atoms with Crippen LogP contribution in [-0.4, -0.2) is 25.7 Å². The summed E-state index contributed by atoms with van der Waals surface area (Å²) in [6.07, 6.45) is 1.23. The van der Waals surface area contributed by atoms with Crippen LogP contribution in [0.4, 0.5) is 10.2 Å². The molecule has 170 valence electrons. The van der Waals surface area contributed by atoms with Crippen LogP contribution in [0.25, 0.3) is 16.6 Å². The van der Waals surface area contributed by atoms with Gasteiger partial charge in [-0.05, 0) is 42.8 Å². The van der Waals surface area contributed by atoms with E-state index in [1.807, 2.05) is 32.9 Å². The number of benzene rings is 2. The zero-order chi connectivity index (χ0) is 23.6. The fourth-order valence-corrected chi connectivity index (χ4v) is 3.49. The van der Waals surface area contributed by atoms with Crippen LogP contribution in [0.3, 0.4) is 0 Å². The highest BCUT2D eigenvalue weighted by Crippen LogP contribution is 2.26. The number of anilines is 1. The van der Waals surface area contributed by atoms with E-state index in [2.05, 4.69) is 20.4 Å². The number of amides is 1. The van der Waals surface area contributed by atoms with Crippen LogP contribution in [-0.2, 0) is 16.6 Å². The summed E-state index contributed by atoms with van der Waals surface area (Å²) < 4.78 is 15.0. The van der Waals surface area contributed by atoms with E-state index in [1.54, 1.807) is 35.0 Å². The second kappa shape index (κ2) is 8.97. The third-order valence-electron chi connectivity index (χ3n) is 5.30. The van der Waals surface area contributed by atoms with Gasteiger partial charge in [-0.2, -0.15) is 5.10 Å². The molecule has 0 aliphatic heterocycles. The van der Waals surface area contributed by atoms with E-state index in [4.69, 9.17) is 0 Å². The van der Waals surface area contributed by atoms with Gasteiger partial charge >= 0.3 is 0 Å². The molecule has 2 N–H and O–H groups in total. The van der Waals surface area contributed by atoms with Crippen molar-refractivity contribution in [1.82, 2.24) is 19.7 Å².